The monoisotopic (exact) mass is 454 g/mol. The molecule has 0 aliphatic rings. The normalized spacial score (nSPS) is 10.8. The smallest absolute Gasteiger partial charge is 0.263 e. The number of methoxy groups -OCH3 is 1. The van der Waals surface area contributed by atoms with Gasteiger partial charge in [-0.2, -0.15) is 0 Å². The first-order valence-corrected chi connectivity index (χ1v) is 11.0. The van der Waals surface area contributed by atoms with Crippen LogP contribution in [-0.4, -0.2) is 28.5 Å². The molecule has 0 radical (unpaired) electrons. The fourth-order valence-corrected chi connectivity index (χ4v) is 4.84. The van der Waals surface area contributed by atoms with Gasteiger partial charge < -0.3 is 15.4 Å². The highest BCUT2D eigenvalue weighted by Crippen LogP contribution is 2.33. The van der Waals surface area contributed by atoms with Gasteiger partial charge in [-0.3, -0.25) is 19.0 Å². The molecule has 1 aromatic carbocycles. The van der Waals surface area contributed by atoms with Crippen LogP contribution in [0.2, 0.25) is 0 Å². The molecule has 0 atom stereocenters. The van der Waals surface area contributed by atoms with Crippen LogP contribution in [-0.2, 0) is 16.1 Å². The summed E-state index contributed by atoms with van der Waals surface area (Å²) in [4.78, 5) is 43.0. The number of nitrogens with zero attached hydrogens (tertiary/aromatic N) is 2. The van der Waals surface area contributed by atoms with Crippen molar-refractivity contribution in [2.75, 3.05) is 17.7 Å². The van der Waals surface area contributed by atoms with E-state index in [-0.39, 0.29) is 18.0 Å². The van der Waals surface area contributed by atoms with Crippen molar-refractivity contribution in [2.45, 2.75) is 13.5 Å². The summed E-state index contributed by atoms with van der Waals surface area (Å²) in [5.41, 5.74) is 1.47. The number of carbonyl (C=O) groups excluding carboxylic acids is 2. The van der Waals surface area contributed by atoms with E-state index in [0.717, 1.165) is 10.4 Å². The number of amides is 2. The van der Waals surface area contributed by atoms with E-state index in [1.807, 2.05) is 22.9 Å². The minimum absolute atomic E-state index is 0.191. The summed E-state index contributed by atoms with van der Waals surface area (Å²) in [5.74, 6) is -0.183. The maximum Gasteiger partial charge on any atom is 0.263 e. The van der Waals surface area contributed by atoms with Gasteiger partial charge in [0.25, 0.3) is 5.56 Å². The topological polar surface area (TPSA) is 102 Å². The minimum atomic E-state index is -0.393. The van der Waals surface area contributed by atoms with Crippen molar-refractivity contribution in [1.29, 1.82) is 0 Å². The molecule has 31 heavy (non-hydrogen) atoms. The summed E-state index contributed by atoms with van der Waals surface area (Å²) in [6.45, 7) is 1.19. The molecule has 4 aromatic rings. The second-order valence-electron chi connectivity index (χ2n) is 6.63. The van der Waals surface area contributed by atoms with Gasteiger partial charge in [0, 0.05) is 28.4 Å². The van der Waals surface area contributed by atoms with Gasteiger partial charge in [0.1, 0.15) is 17.1 Å². The molecular weight excluding hydrogens is 436 g/mol. The zero-order valence-corrected chi connectivity index (χ0v) is 18.3. The average Bonchev–Trinajstić information content (AvgIpc) is 3.39. The first kappa shape index (κ1) is 20.8. The van der Waals surface area contributed by atoms with Crippen molar-refractivity contribution >= 4 is 56.1 Å². The van der Waals surface area contributed by atoms with Crippen molar-refractivity contribution in [3.63, 3.8) is 0 Å². The molecule has 4 rings (SSSR count). The SMILES string of the molecule is COc1ccc(NC(=O)Cn2cnc3scc(-c4cccs4)c3c2=O)cc1NC(C)=O. The Morgan fingerprint density at radius 1 is 1.19 bits per heavy atom. The van der Waals surface area contributed by atoms with Crippen LogP contribution in [0.1, 0.15) is 6.92 Å². The minimum Gasteiger partial charge on any atom is -0.495 e. The molecule has 0 spiro atoms. The van der Waals surface area contributed by atoms with Crippen molar-refractivity contribution in [2.24, 2.45) is 0 Å². The molecule has 3 aromatic heterocycles. The summed E-state index contributed by atoms with van der Waals surface area (Å²) in [5, 5.41) is 9.77. The molecule has 8 nitrogen and oxygen atoms in total. The summed E-state index contributed by atoms with van der Waals surface area (Å²) in [7, 11) is 1.49. The fourth-order valence-electron chi connectivity index (χ4n) is 3.12. The number of hydrogen-bond acceptors (Lipinski definition) is 7. The van der Waals surface area contributed by atoms with Crippen LogP contribution in [0.25, 0.3) is 20.7 Å². The highest BCUT2D eigenvalue weighted by molar-refractivity contribution is 7.18. The van der Waals surface area contributed by atoms with E-state index >= 15 is 0 Å². The van der Waals surface area contributed by atoms with Gasteiger partial charge in [-0.1, -0.05) is 6.07 Å². The number of ether oxygens (including phenoxy) is 1. The van der Waals surface area contributed by atoms with Crippen molar-refractivity contribution in [1.82, 2.24) is 9.55 Å². The standard InChI is InChI=1S/C21H18N4O4S2/c1-12(26)23-15-8-13(5-6-16(15)29-2)24-18(27)9-25-11-22-20-19(21(25)28)14(10-31-20)17-4-3-7-30-17/h3-8,10-11H,9H2,1-2H3,(H,23,26)(H,24,27). The number of anilines is 2. The molecule has 0 fully saturated rings. The van der Waals surface area contributed by atoms with Gasteiger partial charge in [-0.25, -0.2) is 4.98 Å². The lowest BCUT2D eigenvalue weighted by molar-refractivity contribution is -0.117. The number of thiophene rings is 2. The van der Waals surface area contributed by atoms with Gasteiger partial charge in [-0.05, 0) is 29.6 Å². The third-order valence-corrected chi connectivity index (χ3v) is 6.24. The van der Waals surface area contributed by atoms with E-state index in [9.17, 15) is 14.4 Å². The van der Waals surface area contributed by atoms with E-state index in [4.69, 9.17) is 4.74 Å². The lowest BCUT2D eigenvalue weighted by atomic mass is 10.2. The Hall–Kier alpha value is -3.50. The second kappa shape index (κ2) is 8.70. The van der Waals surface area contributed by atoms with Crippen LogP contribution in [0, 0.1) is 0 Å². The van der Waals surface area contributed by atoms with Gasteiger partial charge in [0.05, 0.1) is 24.5 Å². The quantitative estimate of drug-likeness (QED) is 0.461. The van der Waals surface area contributed by atoms with E-state index in [1.54, 1.807) is 29.5 Å². The van der Waals surface area contributed by atoms with Crippen molar-refractivity contribution in [3.05, 3.63) is 57.8 Å². The van der Waals surface area contributed by atoms with Crippen LogP contribution in [0.4, 0.5) is 11.4 Å². The molecule has 158 valence electrons. The van der Waals surface area contributed by atoms with Crippen LogP contribution < -0.4 is 20.9 Å². The van der Waals surface area contributed by atoms with E-state index < -0.39 is 5.91 Å². The Kier molecular flexibility index (Phi) is 5.83. The number of aromatic nitrogens is 2. The van der Waals surface area contributed by atoms with Crippen molar-refractivity contribution < 1.29 is 14.3 Å². The van der Waals surface area contributed by atoms with Crippen LogP contribution >= 0.6 is 22.7 Å². The molecule has 0 aliphatic heterocycles. The van der Waals surface area contributed by atoms with Gasteiger partial charge in [0.15, 0.2) is 0 Å². The first-order valence-electron chi connectivity index (χ1n) is 9.22. The van der Waals surface area contributed by atoms with Gasteiger partial charge in [-0.15, -0.1) is 22.7 Å². The van der Waals surface area contributed by atoms with Gasteiger partial charge >= 0.3 is 0 Å². The third kappa shape index (κ3) is 4.35. The maximum absolute atomic E-state index is 13.0. The molecule has 0 bridgehead atoms. The predicted octanol–water partition coefficient (Wildman–Crippen LogP) is 3.79. The summed E-state index contributed by atoms with van der Waals surface area (Å²) >= 11 is 2.95. The number of fused-ring (bicyclic) bond motifs is 1. The van der Waals surface area contributed by atoms with Gasteiger partial charge in [0.2, 0.25) is 11.8 Å². The van der Waals surface area contributed by atoms with Crippen molar-refractivity contribution in [3.8, 4) is 16.2 Å². The molecule has 2 amide bonds. The van der Waals surface area contributed by atoms with Crippen LogP contribution in [0.5, 0.6) is 5.75 Å². The highest BCUT2D eigenvalue weighted by atomic mass is 32.1. The Morgan fingerprint density at radius 2 is 2.03 bits per heavy atom. The fraction of sp³-hybridized carbons (Fsp3) is 0.143. The van der Waals surface area contributed by atoms with Crippen LogP contribution in [0.15, 0.2) is 52.2 Å². The summed E-state index contributed by atoms with van der Waals surface area (Å²) in [6.07, 6.45) is 1.38. The number of carbonyl (C=O) groups is 2. The molecule has 3 heterocycles. The number of hydrogen-bond donors (Lipinski definition) is 2. The Bertz CT molecular complexity index is 1330. The summed E-state index contributed by atoms with van der Waals surface area (Å²) in [6, 6.07) is 8.76. The number of benzene rings is 1. The van der Waals surface area contributed by atoms with E-state index in [1.165, 1.54) is 36.3 Å². The van der Waals surface area contributed by atoms with Crippen LogP contribution in [0.3, 0.4) is 0 Å². The van der Waals surface area contributed by atoms with E-state index in [0.29, 0.717) is 27.3 Å². The third-order valence-electron chi connectivity index (χ3n) is 4.46. The molecule has 10 heteroatoms. The zero-order chi connectivity index (χ0) is 22.0. The molecule has 0 saturated carbocycles. The maximum atomic E-state index is 13.0. The molecule has 2 N–H and O–H groups in total. The second-order valence-corrected chi connectivity index (χ2v) is 8.43. The lowest BCUT2D eigenvalue weighted by Gasteiger charge is -2.12. The number of rotatable bonds is 6. The average molecular weight is 455 g/mol. The molecule has 0 unspecified atom stereocenters. The molecule has 0 aliphatic carbocycles. The highest BCUT2D eigenvalue weighted by Gasteiger charge is 2.16. The molecular formula is C21H18N4O4S2. The Labute approximate surface area is 185 Å². The first-order chi connectivity index (χ1) is 15.0. The lowest BCUT2D eigenvalue weighted by Crippen LogP contribution is -2.27. The molecule has 0 saturated heterocycles. The zero-order valence-electron chi connectivity index (χ0n) is 16.7. The predicted molar refractivity (Wildman–Crippen MR) is 123 cm³/mol. The van der Waals surface area contributed by atoms with E-state index in [2.05, 4.69) is 15.6 Å². The Morgan fingerprint density at radius 3 is 2.74 bits per heavy atom. The Balaban J connectivity index is 1.58. The largest absolute Gasteiger partial charge is 0.495 e. The summed E-state index contributed by atoms with van der Waals surface area (Å²) < 4.78 is 6.50. The number of nitrogens with one attached hydrogen (secondary N) is 2.